The van der Waals surface area contributed by atoms with E-state index in [4.69, 9.17) is 4.74 Å². The van der Waals surface area contributed by atoms with Crippen molar-refractivity contribution in [1.29, 1.82) is 0 Å². The van der Waals surface area contributed by atoms with Gasteiger partial charge < -0.3 is 9.84 Å². The lowest BCUT2D eigenvalue weighted by Gasteiger charge is -2.49. The minimum absolute atomic E-state index is 0.259. The van der Waals surface area contributed by atoms with E-state index in [0.717, 1.165) is 5.69 Å². The molecule has 0 bridgehead atoms. The molecule has 2 rings (SSSR count). The van der Waals surface area contributed by atoms with Crippen molar-refractivity contribution in [3.63, 3.8) is 0 Å². The zero-order chi connectivity index (χ0) is 14.0. The molecule has 1 saturated heterocycles. The number of hydrogen-bond acceptors (Lipinski definition) is 6. The maximum Gasteiger partial charge on any atom is 0.367 e. The summed E-state index contributed by atoms with van der Waals surface area (Å²) in [6, 6.07) is 0. The lowest BCUT2D eigenvalue weighted by atomic mass is 9.83. The van der Waals surface area contributed by atoms with Crippen LogP contribution in [0.5, 0.6) is 0 Å². The van der Waals surface area contributed by atoms with E-state index in [9.17, 15) is 9.90 Å². The van der Waals surface area contributed by atoms with E-state index in [2.05, 4.69) is 9.88 Å². The average molecular weight is 284 g/mol. The van der Waals surface area contributed by atoms with Crippen LogP contribution in [0.25, 0.3) is 0 Å². The molecule has 0 spiro atoms. The van der Waals surface area contributed by atoms with Gasteiger partial charge in [-0.3, -0.25) is 4.90 Å². The van der Waals surface area contributed by atoms with E-state index < -0.39 is 5.60 Å². The summed E-state index contributed by atoms with van der Waals surface area (Å²) >= 11 is 1.31. The van der Waals surface area contributed by atoms with Crippen LogP contribution in [0.1, 0.15) is 36.3 Å². The number of esters is 1. The Morgan fingerprint density at radius 3 is 2.89 bits per heavy atom. The molecule has 1 aromatic rings. The van der Waals surface area contributed by atoms with Crippen molar-refractivity contribution in [2.24, 2.45) is 5.92 Å². The Bertz CT molecular complexity index is 452. The second-order valence-electron chi connectivity index (χ2n) is 5.27. The molecule has 0 aliphatic carbocycles. The van der Waals surface area contributed by atoms with Crippen LogP contribution in [0, 0.1) is 5.92 Å². The highest BCUT2D eigenvalue weighted by molar-refractivity contribution is 7.11. The van der Waals surface area contributed by atoms with Gasteiger partial charge in [-0.1, -0.05) is 13.8 Å². The van der Waals surface area contributed by atoms with Crippen molar-refractivity contribution in [3.05, 3.63) is 16.1 Å². The number of thiazole rings is 1. The summed E-state index contributed by atoms with van der Waals surface area (Å²) in [5, 5.41) is 12.4. The van der Waals surface area contributed by atoms with Crippen LogP contribution < -0.4 is 0 Å². The molecule has 1 aromatic heterocycles. The predicted octanol–water partition coefficient (Wildman–Crippen LogP) is 1.52. The number of β-amino-alcohol motifs (C(OH)–C–C–N with tert-alkyl or cyclic N) is 1. The van der Waals surface area contributed by atoms with Crippen molar-refractivity contribution < 1.29 is 14.6 Å². The van der Waals surface area contributed by atoms with Gasteiger partial charge in [-0.2, -0.15) is 0 Å². The third kappa shape index (κ3) is 3.13. The fraction of sp³-hybridized carbons (Fsp3) is 0.692. The molecule has 2 heterocycles. The van der Waals surface area contributed by atoms with E-state index in [1.807, 2.05) is 19.2 Å². The Hall–Kier alpha value is -0.980. The molecule has 1 aliphatic rings. The molecule has 0 atom stereocenters. The molecule has 0 aromatic carbocycles. The summed E-state index contributed by atoms with van der Waals surface area (Å²) in [6.45, 7) is 8.19. The number of nitrogens with zero attached hydrogens (tertiary/aromatic N) is 2. The number of carbonyl (C=O) groups is 1. The summed E-state index contributed by atoms with van der Waals surface area (Å²) < 4.78 is 4.91. The highest BCUT2D eigenvalue weighted by Crippen LogP contribution is 2.29. The predicted molar refractivity (Wildman–Crippen MR) is 73.1 cm³/mol. The first-order valence-electron chi connectivity index (χ1n) is 6.51. The Balaban J connectivity index is 1.87. The molecular formula is C13H20N2O3S. The van der Waals surface area contributed by atoms with E-state index in [0.29, 0.717) is 31.2 Å². The van der Waals surface area contributed by atoms with Crippen LogP contribution in [0.3, 0.4) is 0 Å². The number of aliphatic hydroxyl groups is 1. The third-order valence-corrected chi connectivity index (χ3v) is 4.33. The zero-order valence-electron chi connectivity index (χ0n) is 11.5. The van der Waals surface area contributed by atoms with Gasteiger partial charge in [-0.25, -0.2) is 9.78 Å². The number of ether oxygens (including phenoxy) is 1. The topological polar surface area (TPSA) is 62.7 Å². The fourth-order valence-corrected chi connectivity index (χ4v) is 2.80. The van der Waals surface area contributed by atoms with E-state index in [1.165, 1.54) is 11.3 Å². The number of likely N-dealkylation sites (tertiary alicyclic amines) is 1. The lowest BCUT2D eigenvalue weighted by Crippen LogP contribution is -2.63. The molecule has 1 aliphatic heterocycles. The van der Waals surface area contributed by atoms with E-state index >= 15 is 0 Å². The lowest BCUT2D eigenvalue weighted by molar-refractivity contribution is -0.131. The Kier molecular flexibility index (Phi) is 4.23. The smallest absolute Gasteiger partial charge is 0.367 e. The third-order valence-electron chi connectivity index (χ3n) is 3.46. The van der Waals surface area contributed by atoms with Gasteiger partial charge in [0.1, 0.15) is 0 Å². The average Bonchev–Trinajstić information content (AvgIpc) is 2.75. The van der Waals surface area contributed by atoms with E-state index in [1.54, 1.807) is 6.92 Å². The second kappa shape index (κ2) is 5.56. The summed E-state index contributed by atoms with van der Waals surface area (Å²) in [7, 11) is 0. The number of aromatic nitrogens is 1. The Morgan fingerprint density at radius 1 is 1.63 bits per heavy atom. The summed E-state index contributed by atoms with van der Waals surface area (Å²) in [6.07, 6.45) is 0. The van der Waals surface area contributed by atoms with Crippen LogP contribution >= 0.6 is 11.3 Å². The van der Waals surface area contributed by atoms with E-state index in [-0.39, 0.29) is 11.9 Å². The van der Waals surface area contributed by atoms with Crippen molar-refractivity contribution in [1.82, 2.24) is 9.88 Å². The van der Waals surface area contributed by atoms with Gasteiger partial charge in [0.05, 0.1) is 17.9 Å². The molecule has 19 heavy (non-hydrogen) atoms. The molecule has 0 amide bonds. The van der Waals surface area contributed by atoms with Crippen molar-refractivity contribution in [3.8, 4) is 0 Å². The monoisotopic (exact) mass is 284 g/mol. The molecule has 106 valence electrons. The highest BCUT2D eigenvalue weighted by Gasteiger charge is 2.43. The Labute approximate surface area is 117 Å². The molecule has 0 radical (unpaired) electrons. The van der Waals surface area contributed by atoms with Crippen LogP contribution in [-0.4, -0.2) is 46.3 Å². The maximum absolute atomic E-state index is 11.5. The summed E-state index contributed by atoms with van der Waals surface area (Å²) in [4.78, 5) is 17.9. The molecule has 0 unspecified atom stereocenters. The van der Waals surface area contributed by atoms with Gasteiger partial charge in [-0.05, 0) is 12.8 Å². The van der Waals surface area contributed by atoms with Gasteiger partial charge in [0.25, 0.3) is 0 Å². The standard InChI is InChI=1S/C13H20N2O3S/c1-4-18-12(16)11-14-10(6-19-11)5-15-7-13(17,8-15)9(2)3/h6,9,17H,4-5,7-8H2,1-3H3. The molecule has 1 fully saturated rings. The molecule has 5 nitrogen and oxygen atoms in total. The van der Waals surface area contributed by atoms with Gasteiger partial charge >= 0.3 is 5.97 Å². The van der Waals surface area contributed by atoms with Crippen molar-refractivity contribution in [2.45, 2.75) is 32.9 Å². The number of carbonyl (C=O) groups excluding carboxylic acids is 1. The van der Waals surface area contributed by atoms with Crippen molar-refractivity contribution in [2.75, 3.05) is 19.7 Å². The second-order valence-corrected chi connectivity index (χ2v) is 6.13. The fourth-order valence-electron chi connectivity index (χ4n) is 2.10. The summed E-state index contributed by atoms with van der Waals surface area (Å²) in [5.41, 5.74) is 0.291. The van der Waals surface area contributed by atoms with Gasteiger partial charge in [0, 0.05) is 25.0 Å². The van der Waals surface area contributed by atoms with Gasteiger partial charge in [0.15, 0.2) is 0 Å². The first kappa shape index (κ1) is 14.4. The largest absolute Gasteiger partial charge is 0.461 e. The molecule has 0 saturated carbocycles. The normalized spacial score (nSPS) is 18.4. The Morgan fingerprint density at radius 2 is 2.32 bits per heavy atom. The first-order valence-corrected chi connectivity index (χ1v) is 7.39. The van der Waals surface area contributed by atoms with Gasteiger partial charge in [-0.15, -0.1) is 11.3 Å². The van der Waals surface area contributed by atoms with Crippen LogP contribution in [0.2, 0.25) is 0 Å². The number of hydrogen-bond donors (Lipinski definition) is 1. The minimum atomic E-state index is -0.569. The molecule has 1 N–H and O–H groups in total. The van der Waals surface area contributed by atoms with Crippen molar-refractivity contribution >= 4 is 17.3 Å². The van der Waals surface area contributed by atoms with Gasteiger partial charge in [0.2, 0.25) is 5.01 Å². The maximum atomic E-state index is 11.5. The molecular weight excluding hydrogens is 264 g/mol. The quantitative estimate of drug-likeness (QED) is 0.831. The zero-order valence-corrected chi connectivity index (χ0v) is 12.4. The van der Waals surface area contributed by atoms with Crippen LogP contribution in [0.15, 0.2) is 5.38 Å². The number of rotatable bonds is 5. The summed E-state index contributed by atoms with van der Waals surface area (Å²) in [5.74, 6) is -0.102. The SMILES string of the molecule is CCOC(=O)c1nc(CN2CC(O)(C(C)C)C2)cs1. The highest BCUT2D eigenvalue weighted by atomic mass is 32.1. The minimum Gasteiger partial charge on any atom is -0.461 e. The van der Waals surface area contributed by atoms with Crippen LogP contribution in [0.4, 0.5) is 0 Å². The first-order chi connectivity index (χ1) is 8.94. The molecule has 6 heteroatoms. The van der Waals surface area contributed by atoms with Crippen LogP contribution in [-0.2, 0) is 11.3 Å².